The molecule has 1 aliphatic carbocycles. The van der Waals surface area contributed by atoms with Crippen LogP contribution in [0.5, 0.6) is 0 Å². The highest BCUT2D eigenvalue weighted by Gasteiger charge is 2.22. The van der Waals surface area contributed by atoms with Crippen molar-refractivity contribution >= 4 is 0 Å². The maximum absolute atomic E-state index is 14.1. The van der Waals surface area contributed by atoms with Crippen molar-refractivity contribution < 1.29 is 4.39 Å². The van der Waals surface area contributed by atoms with Gasteiger partial charge in [-0.3, -0.25) is 0 Å². The first kappa shape index (κ1) is 14.5. The van der Waals surface area contributed by atoms with Gasteiger partial charge in [0.1, 0.15) is 5.82 Å². The Morgan fingerprint density at radius 1 is 1.32 bits per heavy atom. The van der Waals surface area contributed by atoms with E-state index in [0.29, 0.717) is 0 Å². The maximum Gasteiger partial charge on any atom is 0.127 e. The highest BCUT2D eigenvalue weighted by atomic mass is 19.1. The van der Waals surface area contributed by atoms with E-state index in [1.807, 2.05) is 19.1 Å². The van der Waals surface area contributed by atoms with Crippen LogP contribution in [0.4, 0.5) is 4.39 Å². The molecule has 0 spiro atoms. The van der Waals surface area contributed by atoms with E-state index in [1.165, 1.54) is 25.7 Å². The highest BCUT2D eigenvalue weighted by molar-refractivity contribution is 5.27. The summed E-state index contributed by atoms with van der Waals surface area (Å²) in [5.74, 6) is 0.714. The molecule has 19 heavy (non-hydrogen) atoms. The minimum atomic E-state index is -0.0581. The Balaban J connectivity index is 2.12. The monoisotopic (exact) mass is 263 g/mol. The summed E-state index contributed by atoms with van der Waals surface area (Å²) in [6.45, 7) is 5.16. The number of rotatable bonds is 6. The van der Waals surface area contributed by atoms with E-state index in [2.05, 4.69) is 12.2 Å². The van der Waals surface area contributed by atoms with Gasteiger partial charge >= 0.3 is 0 Å². The van der Waals surface area contributed by atoms with Gasteiger partial charge in [-0.2, -0.15) is 0 Å². The molecule has 1 N–H and O–H groups in total. The fourth-order valence-electron chi connectivity index (χ4n) is 3.15. The van der Waals surface area contributed by atoms with Crippen LogP contribution in [-0.2, 0) is 0 Å². The third kappa shape index (κ3) is 4.04. The van der Waals surface area contributed by atoms with Gasteiger partial charge in [0.2, 0.25) is 0 Å². The molecule has 1 fully saturated rings. The highest BCUT2D eigenvalue weighted by Crippen LogP contribution is 2.34. The number of benzene rings is 1. The Bertz CT molecular complexity index is 396. The Kier molecular flexibility index (Phi) is 5.38. The van der Waals surface area contributed by atoms with Crippen molar-refractivity contribution in [2.45, 2.75) is 58.4 Å². The summed E-state index contributed by atoms with van der Waals surface area (Å²) in [6, 6.07) is 5.66. The number of hydrogen-bond donors (Lipinski definition) is 1. The lowest BCUT2D eigenvalue weighted by Crippen LogP contribution is -2.25. The average molecular weight is 263 g/mol. The molecule has 1 nitrogen and oxygen atoms in total. The summed E-state index contributed by atoms with van der Waals surface area (Å²) in [6.07, 6.45) is 7.51. The van der Waals surface area contributed by atoms with Gasteiger partial charge in [0.05, 0.1) is 0 Å². The van der Waals surface area contributed by atoms with E-state index in [0.717, 1.165) is 36.4 Å². The lowest BCUT2D eigenvalue weighted by molar-refractivity contribution is 0.385. The van der Waals surface area contributed by atoms with E-state index in [4.69, 9.17) is 0 Å². The molecule has 1 aromatic carbocycles. The Hall–Kier alpha value is -0.890. The molecule has 0 aromatic heterocycles. The molecule has 1 aliphatic rings. The van der Waals surface area contributed by atoms with E-state index in [1.54, 1.807) is 6.07 Å². The molecule has 106 valence electrons. The summed E-state index contributed by atoms with van der Waals surface area (Å²) in [4.78, 5) is 0. The van der Waals surface area contributed by atoms with Crippen molar-refractivity contribution in [1.29, 1.82) is 0 Å². The predicted octanol–water partition coefficient (Wildman–Crippen LogP) is 4.76. The normalized spacial score (nSPS) is 17.8. The van der Waals surface area contributed by atoms with Gasteiger partial charge < -0.3 is 5.32 Å². The second kappa shape index (κ2) is 7.04. The molecule has 0 heterocycles. The Labute approximate surface area is 116 Å². The van der Waals surface area contributed by atoms with Gasteiger partial charge in [-0.05, 0) is 38.3 Å². The minimum absolute atomic E-state index is 0.0581. The number of hydrogen-bond acceptors (Lipinski definition) is 1. The van der Waals surface area contributed by atoms with E-state index < -0.39 is 0 Å². The largest absolute Gasteiger partial charge is 0.310 e. The topological polar surface area (TPSA) is 12.0 Å². The molecule has 2 rings (SSSR count). The second-order valence-electron chi connectivity index (χ2n) is 5.92. The van der Waals surface area contributed by atoms with Crippen LogP contribution in [0.3, 0.4) is 0 Å². The molecular weight excluding hydrogens is 237 g/mol. The van der Waals surface area contributed by atoms with Crippen molar-refractivity contribution in [2.75, 3.05) is 6.54 Å². The van der Waals surface area contributed by atoms with Crippen LogP contribution < -0.4 is 5.32 Å². The van der Waals surface area contributed by atoms with Crippen molar-refractivity contribution in [1.82, 2.24) is 5.32 Å². The lowest BCUT2D eigenvalue weighted by Gasteiger charge is -2.23. The minimum Gasteiger partial charge on any atom is -0.310 e. The quantitative estimate of drug-likeness (QED) is 0.780. The molecular formula is C17H26FN. The molecule has 0 aliphatic heterocycles. The van der Waals surface area contributed by atoms with Crippen molar-refractivity contribution in [3.8, 4) is 0 Å². The van der Waals surface area contributed by atoms with Gasteiger partial charge in [0.25, 0.3) is 0 Å². The predicted molar refractivity (Wildman–Crippen MR) is 78.7 cm³/mol. The first-order chi connectivity index (χ1) is 9.20. The van der Waals surface area contributed by atoms with Gasteiger partial charge in [0, 0.05) is 11.6 Å². The number of halogens is 1. The molecule has 1 atom stereocenters. The zero-order valence-electron chi connectivity index (χ0n) is 12.2. The molecule has 1 saturated carbocycles. The smallest absolute Gasteiger partial charge is 0.127 e. The molecule has 0 radical (unpaired) electrons. The first-order valence-corrected chi connectivity index (χ1v) is 7.70. The summed E-state index contributed by atoms with van der Waals surface area (Å²) in [5.41, 5.74) is 2.01. The van der Waals surface area contributed by atoms with Crippen LogP contribution in [0.2, 0.25) is 0 Å². The SMILES string of the molecule is CCCNC(CC1CCCC1)c1cc(C)ccc1F. The van der Waals surface area contributed by atoms with Gasteiger partial charge in [-0.25, -0.2) is 4.39 Å². The van der Waals surface area contributed by atoms with Crippen LogP contribution >= 0.6 is 0 Å². The maximum atomic E-state index is 14.1. The Morgan fingerprint density at radius 3 is 2.74 bits per heavy atom. The van der Waals surface area contributed by atoms with Crippen LogP contribution in [-0.4, -0.2) is 6.54 Å². The Morgan fingerprint density at radius 2 is 2.05 bits per heavy atom. The van der Waals surface area contributed by atoms with Crippen molar-refractivity contribution in [3.05, 3.63) is 35.1 Å². The molecule has 0 saturated heterocycles. The number of nitrogens with one attached hydrogen (secondary N) is 1. The van der Waals surface area contributed by atoms with Crippen LogP contribution in [0.15, 0.2) is 18.2 Å². The molecule has 1 unspecified atom stereocenters. The standard InChI is InChI=1S/C17H26FN/c1-3-10-19-17(12-14-6-4-5-7-14)15-11-13(2)8-9-16(15)18/h8-9,11,14,17,19H,3-7,10,12H2,1-2H3. The van der Waals surface area contributed by atoms with Gasteiger partial charge in [-0.15, -0.1) is 0 Å². The molecule has 0 bridgehead atoms. The van der Waals surface area contributed by atoms with Crippen molar-refractivity contribution in [3.63, 3.8) is 0 Å². The van der Waals surface area contributed by atoms with E-state index in [-0.39, 0.29) is 11.9 Å². The van der Waals surface area contributed by atoms with Crippen LogP contribution in [0.1, 0.15) is 62.6 Å². The fraction of sp³-hybridized carbons (Fsp3) is 0.647. The average Bonchev–Trinajstić information content (AvgIpc) is 2.90. The second-order valence-corrected chi connectivity index (χ2v) is 5.92. The first-order valence-electron chi connectivity index (χ1n) is 7.70. The zero-order chi connectivity index (χ0) is 13.7. The molecule has 0 amide bonds. The van der Waals surface area contributed by atoms with E-state index in [9.17, 15) is 4.39 Å². The summed E-state index contributed by atoms with van der Waals surface area (Å²) >= 11 is 0. The van der Waals surface area contributed by atoms with Gasteiger partial charge in [-0.1, -0.05) is 50.3 Å². The number of aryl methyl sites for hydroxylation is 1. The van der Waals surface area contributed by atoms with Crippen LogP contribution in [0, 0.1) is 18.7 Å². The van der Waals surface area contributed by atoms with Crippen molar-refractivity contribution in [2.24, 2.45) is 5.92 Å². The van der Waals surface area contributed by atoms with Crippen LogP contribution in [0.25, 0.3) is 0 Å². The summed E-state index contributed by atoms with van der Waals surface area (Å²) < 4.78 is 14.1. The molecule has 2 heteroatoms. The third-order valence-electron chi connectivity index (χ3n) is 4.21. The fourth-order valence-corrected chi connectivity index (χ4v) is 3.15. The molecule has 1 aromatic rings. The van der Waals surface area contributed by atoms with E-state index >= 15 is 0 Å². The summed E-state index contributed by atoms with van der Waals surface area (Å²) in [5, 5.41) is 3.54. The van der Waals surface area contributed by atoms with Gasteiger partial charge in [0.15, 0.2) is 0 Å². The lowest BCUT2D eigenvalue weighted by atomic mass is 9.92. The third-order valence-corrected chi connectivity index (χ3v) is 4.21. The zero-order valence-corrected chi connectivity index (χ0v) is 12.2. The summed E-state index contributed by atoms with van der Waals surface area (Å²) in [7, 11) is 0.